The average molecular weight is 280 g/mol. The van der Waals surface area contributed by atoms with Gasteiger partial charge in [0.2, 0.25) is 0 Å². The number of rotatable bonds is 4. The number of benzene rings is 1. The molecule has 0 aliphatic heterocycles. The van der Waals surface area contributed by atoms with Gasteiger partial charge in [-0.25, -0.2) is 4.98 Å². The van der Waals surface area contributed by atoms with Crippen molar-refractivity contribution in [3.8, 4) is 5.75 Å². The van der Waals surface area contributed by atoms with Crippen molar-refractivity contribution in [2.24, 2.45) is 0 Å². The lowest BCUT2D eigenvalue weighted by Crippen LogP contribution is -2.08. The summed E-state index contributed by atoms with van der Waals surface area (Å²) < 4.78 is 10.2. The lowest BCUT2D eigenvalue weighted by molar-refractivity contribution is -0.142. The highest BCUT2D eigenvalue weighted by Crippen LogP contribution is 2.28. The Kier molecular flexibility index (Phi) is 4.22. The third-order valence-corrected chi connectivity index (χ3v) is 3.03. The summed E-state index contributed by atoms with van der Waals surface area (Å²) in [5, 5.41) is 1.14. The van der Waals surface area contributed by atoms with Gasteiger partial charge in [-0.2, -0.15) is 0 Å². The van der Waals surface area contributed by atoms with Crippen molar-refractivity contribution in [1.29, 1.82) is 0 Å². The van der Waals surface area contributed by atoms with Gasteiger partial charge in [0.05, 0.1) is 25.7 Å². The SMILES string of the molecule is CCOC(=O)Cc1cc2c(OC)cccc2nc1Cl. The van der Waals surface area contributed by atoms with Gasteiger partial charge in [0.25, 0.3) is 0 Å². The Morgan fingerprint density at radius 3 is 2.89 bits per heavy atom. The number of halogens is 1. The van der Waals surface area contributed by atoms with Crippen LogP contribution in [0.25, 0.3) is 10.9 Å². The summed E-state index contributed by atoms with van der Waals surface area (Å²) in [7, 11) is 1.59. The van der Waals surface area contributed by atoms with Gasteiger partial charge in [0.1, 0.15) is 10.9 Å². The second-order valence-corrected chi connectivity index (χ2v) is 4.31. The Hall–Kier alpha value is -1.81. The number of fused-ring (bicyclic) bond motifs is 1. The van der Waals surface area contributed by atoms with Gasteiger partial charge in [-0.3, -0.25) is 4.79 Å². The van der Waals surface area contributed by atoms with Crippen molar-refractivity contribution in [2.45, 2.75) is 13.3 Å². The van der Waals surface area contributed by atoms with Gasteiger partial charge >= 0.3 is 5.97 Å². The first kappa shape index (κ1) is 13.6. The zero-order valence-electron chi connectivity index (χ0n) is 10.8. The molecule has 5 heteroatoms. The summed E-state index contributed by atoms with van der Waals surface area (Å²) >= 11 is 6.08. The molecule has 0 bridgehead atoms. The van der Waals surface area contributed by atoms with E-state index in [1.54, 1.807) is 14.0 Å². The zero-order valence-corrected chi connectivity index (χ0v) is 11.5. The van der Waals surface area contributed by atoms with E-state index in [0.29, 0.717) is 23.1 Å². The van der Waals surface area contributed by atoms with Crippen LogP contribution in [0.3, 0.4) is 0 Å². The number of nitrogens with zero attached hydrogens (tertiary/aromatic N) is 1. The minimum Gasteiger partial charge on any atom is -0.496 e. The van der Waals surface area contributed by atoms with Crippen molar-refractivity contribution in [2.75, 3.05) is 13.7 Å². The van der Waals surface area contributed by atoms with E-state index in [4.69, 9.17) is 21.1 Å². The summed E-state index contributed by atoms with van der Waals surface area (Å²) in [5.41, 5.74) is 1.37. The van der Waals surface area contributed by atoms with Crippen LogP contribution in [0.1, 0.15) is 12.5 Å². The van der Waals surface area contributed by atoms with Gasteiger partial charge in [-0.1, -0.05) is 17.7 Å². The summed E-state index contributed by atoms with van der Waals surface area (Å²) in [6.07, 6.45) is 0.105. The van der Waals surface area contributed by atoms with E-state index < -0.39 is 0 Å². The average Bonchev–Trinajstić information content (AvgIpc) is 2.39. The summed E-state index contributed by atoms with van der Waals surface area (Å²) in [4.78, 5) is 15.8. The van der Waals surface area contributed by atoms with Gasteiger partial charge in [-0.05, 0) is 25.1 Å². The molecule has 1 heterocycles. The van der Waals surface area contributed by atoms with Gasteiger partial charge in [0.15, 0.2) is 0 Å². The lowest BCUT2D eigenvalue weighted by Gasteiger charge is -2.08. The first-order valence-corrected chi connectivity index (χ1v) is 6.31. The molecular formula is C14H14ClNO3. The number of esters is 1. The summed E-state index contributed by atoms with van der Waals surface area (Å²) in [6.45, 7) is 2.11. The van der Waals surface area contributed by atoms with Crippen LogP contribution >= 0.6 is 11.6 Å². The van der Waals surface area contributed by atoms with Crippen LogP contribution in [-0.4, -0.2) is 24.7 Å². The fraction of sp³-hybridized carbons (Fsp3) is 0.286. The van der Waals surface area contributed by atoms with Crippen LogP contribution in [0, 0.1) is 0 Å². The van der Waals surface area contributed by atoms with Gasteiger partial charge in [0, 0.05) is 10.9 Å². The fourth-order valence-electron chi connectivity index (χ4n) is 1.86. The van der Waals surface area contributed by atoms with Crippen LogP contribution in [-0.2, 0) is 16.0 Å². The maximum atomic E-state index is 11.5. The molecule has 0 amide bonds. The Bertz CT molecular complexity index is 613. The van der Waals surface area contributed by atoms with Gasteiger partial charge in [-0.15, -0.1) is 0 Å². The molecule has 0 N–H and O–H groups in total. The van der Waals surface area contributed by atoms with E-state index in [-0.39, 0.29) is 12.4 Å². The number of pyridine rings is 1. The maximum absolute atomic E-state index is 11.5. The third kappa shape index (κ3) is 2.96. The van der Waals surface area contributed by atoms with Crippen LogP contribution in [0.5, 0.6) is 5.75 Å². The van der Waals surface area contributed by atoms with E-state index in [9.17, 15) is 4.79 Å². The number of aromatic nitrogens is 1. The summed E-state index contributed by atoms with van der Waals surface area (Å²) in [6, 6.07) is 7.35. The highest BCUT2D eigenvalue weighted by molar-refractivity contribution is 6.30. The second-order valence-electron chi connectivity index (χ2n) is 3.95. The molecule has 0 aliphatic carbocycles. The normalized spacial score (nSPS) is 10.5. The maximum Gasteiger partial charge on any atom is 0.310 e. The molecule has 2 aromatic rings. The van der Waals surface area contributed by atoms with E-state index in [1.807, 2.05) is 24.3 Å². The molecule has 0 saturated heterocycles. The first-order valence-electron chi connectivity index (χ1n) is 5.93. The third-order valence-electron chi connectivity index (χ3n) is 2.71. The summed E-state index contributed by atoms with van der Waals surface area (Å²) in [5.74, 6) is 0.382. The first-order chi connectivity index (χ1) is 9.15. The Morgan fingerprint density at radius 2 is 2.21 bits per heavy atom. The van der Waals surface area contributed by atoms with Gasteiger partial charge < -0.3 is 9.47 Å². The number of hydrogen-bond donors (Lipinski definition) is 0. The standard InChI is InChI=1S/C14H14ClNO3/c1-3-19-13(17)8-9-7-10-11(16-14(9)15)5-4-6-12(10)18-2/h4-7H,3,8H2,1-2H3. The number of methoxy groups -OCH3 is 1. The molecule has 0 fully saturated rings. The van der Waals surface area contributed by atoms with Crippen molar-refractivity contribution < 1.29 is 14.3 Å². The van der Waals surface area contributed by atoms with E-state index in [1.165, 1.54) is 0 Å². The molecule has 1 aromatic heterocycles. The van der Waals surface area contributed by atoms with E-state index >= 15 is 0 Å². The molecule has 0 atom stereocenters. The van der Waals surface area contributed by atoms with Crippen LogP contribution in [0.15, 0.2) is 24.3 Å². The number of hydrogen-bond acceptors (Lipinski definition) is 4. The monoisotopic (exact) mass is 279 g/mol. The van der Waals surface area contributed by atoms with Crippen LogP contribution < -0.4 is 4.74 Å². The molecular weight excluding hydrogens is 266 g/mol. The molecule has 19 heavy (non-hydrogen) atoms. The molecule has 4 nitrogen and oxygen atoms in total. The van der Waals surface area contributed by atoms with Crippen molar-refractivity contribution in [1.82, 2.24) is 4.98 Å². The Balaban J connectivity index is 2.44. The predicted molar refractivity (Wildman–Crippen MR) is 73.6 cm³/mol. The lowest BCUT2D eigenvalue weighted by atomic mass is 10.1. The fourth-order valence-corrected chi connectivity index (χ4v) is 2.07. The smallest absolute Gasteiger partial charge is 0.310 e. The molecule has 1 aromatic carbocycles. The molecule has 0 radical (unpaired) electrons. The second kappa shape index (κ2) is 5.89. The van der Waals surface area contributed by atoms with E-state index in [0.717, 1.165) is 10.9 Å². The van der Waals surface area contributed by atoms with Crippen molar-refractivity contribution >= 4 is 28.5 Å². The molecule has 0 spiro atoms. The number of carbonyl (C=O) groups is 1. The van der Waals surface area contributed by atoms with Crippen molar-refractivity contribution in [3.63, 3.8) is 0 Å². The molecule has 0 saturated carbocycles. The molecule has 100 valence electrons. The highest BCUT2D eigenvalue weighted by Gasteiger charge is 2.12. The zero-order chi connectivity index (χ0) is 13.8. The topological polar surface area (TPSA) is 48.4 Å². The number of carbonyl (C=O) groups excluding carboxylic acids is 1. The quantitative estimate of drug-likeness (QED) is 0.638. The van der Waals surface area contributed by atoms with Crippen LogP contribution in [0.4, 0.5) is 0 Å². The Labute approximate surface area is 116 Å². The minimum absolute atomic E-state index is 0.105. The number of ether oxygens (including phenoxy) is 2. The van der Waals surface area contributed by atoms with Crippen molar-refractivity contribution in [3.05, 3.63) is 35.0 Å². The minimum atomic E-state index is -0.319. The van der Waals surface area contributed by atoms with Crippen LogP contribution in [0.2, 0.25) is 5.15 Å². The molecule has 2 rings (SSSR count). The predicted octanol–water partition coefficient (Wildman–Crippen LogP) is 3.00. The largest absolute Gasteiger partial charge is 0.496 e. The Morgan fingerprint density at radius 1 is 1.42 bits per heavy atom. The molecule has 0 aliphatic rings. The van der Waals surface area contributed by atoms with E-state index in [2.05, 4.69) is 4.98 Å². The molecule has 0 unspecified atom stereocenters. The highest BCUT2D eigenvalue weighted by atomic mass is 35.5.